The minimum atomic E-state index is 0.644. The lowest BCUT2D eigenvalue weighted by molar-refractivity contribution is 0.258. The fourth-order valence-corrected chi connectivity index (χ4v) is 3.33. The van der Waals surface area contributed by atoms with E-state index in [4.69, 9.17) is 10.00 Å². The average molecular weight is 324 g/mol. The lowest BCUT2D eigenvalue weighted by Crippen LogP contribution is -2.23. The van der Waals surface area contributed by atoms with Gasteiger partial charge >= 0.3 is 0 Å². The van der Waals surface area contributed by atoms with E-state index in [1.54, 1.807) is 12.1 Å². The summed E-state index contributed by atoms with van der Waals surface area (Å²) in [4.78, 5) is 2.52. The van der Waals surface area contributed by atoms with Crippen molar-refractivity contribution in [3.8, 4) is 11.8 Å². The third kappa shape index (κ3) is 4.59. The zero-order valence-corrected chi connectivity index (χ0v) is 14.2. The maximum atomic E-state index is 8.89. The Morgan fingerprint density at radius 3 is 3.12 bits per heavy atom. The van der Waals surface area contributed by atoms with Crippen molar-refractivity contribution in [1.82, 2.24) is 14.7 Å². The highest BCUT2D eigenvalue weighted by Gasteiger charge is 2.22. The van der Waals surface area contributed by atoms with Gasteiger partial charge in [-0.25, -0.2) is 0 Å². The van der Waals surface area contributed by atoms with Gasteiger partial charge in [0.2, 0.25) is 0 Å². The van der Waals surface area contributed by atoms with Crippen LogP contribution in [-0.2, 0) is 13.5 Å². The molecule has 0 spiro atoms. The molecule has 0 aliphatic carbocycles. The van der Waals surface area contributed by atoms with Gasteiger partial charge in [-0.3, -0.25) is 4.68 Å². The normalized spacial score (nSPS) is 17.8. The van der Waals surface area contributed by atoms with Crippen LogP contribution in [0.5, 0.6) is 5.75 Å². The first-order chi connectivity index (χ1) is 11.7. The number of aryl methyl sites for hydroxylation is 1. The summed E-state index contributed by atoms with van der Waals surface area (Å²) in [6.07, 6.45) is 7.50. The average Bonchev–Trinajstić information content (AvgIpc) is 3.21. The summed E-state index contributed by atoms with van der Waals surface area (Å²) >= 11 is 0. The van der Waals surface area contributed by atoms with Gasteiger partial charge in [-0.05, 0) is 55.5 Å². The molecule has 2 heterocycles. The highest BCUT2D eigenvalue weighted by Crippen LogP contribution is 2.21. The summed E-state index contributed by atoms with van der Waals surface area (Å²) in [6, 6.07) is 9.48. The van der Waals surface area contributed by atoms with Crippen LogP contribution in [0.15, 0.2) is 36.7 Å². The van der Waals surface area contributed by atoms with Crippen molar-refractivity contribution in [1.29, 1.82) is 5.26 Å². The summed E-state index contributed by atoms with van der Waals surface area (Å²) in [7, 11) is 1.97. The first-order valence-corrected chi connectivity index (χ1v) is 8.56. The molecule has 0 saturated carbocycles. The lowest BCUT2D eigenvalue weighted by Gasteiger charge is -2.16. The number of hydrogen-bond donors (Lipinski definition) is 0. The maximum Gasteiger partial charge on any atom is 0.120 e. The summed E-state index contributed by atoms with van der Waals surface area (Å²) in [6.45, 7) is 4.10. The molecule has 0 N–H and O–H groups in total. The van der Waals surface area contributed by atoms with Crippen LogP contribution in [0.2, 0.25) is 0 Å². The molecule has 1 aliphatic rings. The van der Waals surface area contributed by atoms with Crippen molar-refractivity contribution in [2.24, 2.45) is 13.0 Å². The third-order valence-electron chi connectivity index (χ3n) is 4.50. The van der Waals surface area contributed by atoms with Crippen molar-refractivity contribution >= 4 is 0 Å². The van der Waals surface area contributed by atoms with E-state index < -0.39 is 0 Å². The predicted molar refractivity (Wildman–Crippen MR) is 92.7 cm³/mol. The molecular weight excluding hydrogens is 300 g/mol. The van der Waals surface area contributed by atoms with Gasteiger partial charge in [0.15, 0.2) is 0 Å². The molecule has 1 saturated heterocycles. The van der Waals surface area contributed by atoms with E-state index in [2.05, 4.69) is 22.3 Å². The van der Waals surface area contributed by atoms with Crippen molar-refractivity contribution in [3.05, 3.63) is 47.8 Å². The number of ether oxygens (including phenoxy) is 1. The molecule has 1 aromatic carbocycles. The monoisotopic (exact) mass is 324 g/mol. The molecule has 126 valence electrons. The van der Waals surface area contributed by atoms with E-state index in [0.717, 1.165) is 31.1 Å². The van der Waals surface area contributed by atoms with E-state index in [0.29, 0.717) is 12.2 Å². The molecule has 5 heteroatoms. The zero-order chi connectivity index (χ0) is 16.8. The van der Waals surface area contributed by atoms with Gasteiger partial charge in [-0.2, -0.15) is 10.4 Å². The number of likely N-dealkylation sites (tertiary alicyclic amines) is 1. The number of benzene rings is 1. The molecule has 2 aromatic rings. The summed E-state index contributed by atoms with van der Waals surface area (Å²) in [5.74, 6) is 1.52. The first kappa shape index (κ1) is 16.5. The number of rotatable bonds is 7. The molecule has 24 heavy (non-hydrogen) atoms. The first-order valence-electron chi connectivity index (χ1n) is 8.56. The van der Waals surface area contributed by atoms with E-state index in [1.165, 1.54) is 25.1 Å². The Morgan fingerprint density at radius 2 is 2.33 bits per heavy atom. The van der Waals surface area contributed by atoms with Gasteiger partial charge in [-0.1, -0.05) is 6.07 Å². The summed E-state index contributed by atoms with van der Waals surface area (Å²) < 4.78 is 7.62. The molecule has 0 amide bonds. The van der Waals surface area contributed by atoms with Crippen LogP contribution in [0.1, 0.15) is 24.0 Å². The van der Waals surface area contributed by atoms with Crippen LogP contribution < -0.4 is 4.74 Å². The van der Waals surface area contributed by atoms with Crippen LogP contribution >= 0.6 is 0 Å². The van der Waals surface area contributed by atoms with Crippen LogP contribution in [0, 0.1) is 17.2 Å². The van der Waals surface area contributed by atoms with Crippen molar-refractivity contribution in [2.75, 3.05) is 26.2 Å². The molecule has 1 unspecified atom stereocenters. The number of aromatic nitrogens is 2. The van der Waals surface area contributed by atoms with E-state index in [-0.39, 0.29) is 0 Å². The summed E-state index contributed by atoms with van der Waals surface area (Å²) in [5, 5.41) is 13.1. The molecule has 1 aliphatic heterocycles. The third-order valence-corrected chi connectivity index (χ3v) is 4.50. The van der Waals surface area contributed by atoms with Crippen molar-refractivity contribution < 1.29 is 4.74 Å². The smallest absolute Gasteiger partial charge is 0.120 e. The van der Waals surface area contributed by atoms with Gasteiger partial charge in [0.25, 0.3) is 0 Å². The van der Waals surface area contributed by atoms with Crippen LogP contribution in [-0.4, -0.2) is 40.9 Å². The van der Waals surface area contributed by atoms with E-state index in [1.807, 2.05) is 30.1 Å². The largest absolute Gasteiger partial charge is 0.494 e. The van der Waals surface area contributed by atoms with Crippen molar-refractivity contribution in [2.45, 2.75) is 19.3 Å². The van der Waals surface area contributed by atoms with E-state index >= 15 is 0 Å². The van der Waals surface area contributed by atoms with Gasteiger partial charge in [0.05, 0.1) is 24.4 Å². The Bertz CT molecular complexity index is 703. The number of hydrogen-bond acceptors (Lipinski definition) is 4. The number of nitriles is 1. The fraction of sp³-hybridized carbons (Fsp3) is 0.474. The van der Waals surface area contributed by atoms with Crippen molar-refractivity contribution in [3.63, 3.8) is 0 Å². The second kappa shape index (κ2) is 7.98. The quantitative estimate of drug-likeness (QED) is 0.735. The second-order valence-electron chi connectivity index (χ2n) is 6.52. The molecule has 1 fully saturated rings. The molecule has 0 bridgehead atoms. The van der Waals surface area contributed by atoms with Gasteiger partial charge in [0.1, 0.15) is 5.75 Å². The molecule has 0 radical (unpaired) electrons. The molecule has 1 aromatic heterocycles. The Labute approximate surface area is 143 Å². The van der Waals surface area contributed by atoms with Gasteiger partial charge < -0.3 is 9.64 Å². The van der Waals surface area contributed by atoms with Gasteiger partial charge in [-0.15, -0.1) is 0 Å². The Hall–Kier alpha value is -2.32. The Morgan fingerprint density at radius 1 is 1.42 bits per heavy atom. The number of nitrogens with zero attached hydrogens (tertiary/aromatic N) is 4. The molecule has 1 atom stereocenters. The Balaban J connectivity index is 1.35. The minimum Gasteiger partial charge on any atom is -0.494 e. The van der Waals surface area contributed by atoms with Crippen LogP contribution in [0.4, 0.5) is 0 Å². The second-order valence-corrected chi connectivity index (χ2v) is 6.52. The SMILES string of the molecule is Cn1cc(CC2CCN(CCCOc3cccc(C#N)c3)C2)cn1. The Kier molecular flexibility index (Phi) is 5.50. The van der Waals surface area contributed by atoms with Crippen LogP contribution in [0.25, 0.3) is 0 Å². The molecule has 5 nitrogen and oxygen atoms in total. The van der Waals surface area contributed by atoms with Gasteiger partial charge in [0, 0.05) is 26.3 Å². The zero-order valence-electron chi connectivity index (χ0n) is 14.2. The lowest BCUT2D eigenvalue weighted by atomic mass is 10.0. The maximum absolute atomic E-state index is 8.89. The van der Waals surface area contributed by atoms with Crippen LogP contribution in [0.3, 0.4) is 0 Å². The molecule has 3 rings (SSSR count). The fourth-order valence-electron chi connectivity index (χ4n) is 3.33. The predicted octanol–water partition coefficient (Wildman–Crippen LogP) is 2.63. The topological polar surface area (TPSA) is 54.1 Å². The highest BCUT2D eigenvalue weighted by atomic mass is 16.5. The standard InChI is InChI=1S/C19H24N4O/c1-22-14-18(13-21-22)10-17-6-8-23(15-17)7-3-9-24-19-5-2-4-16(11-19)12-20/h2,4-5,11,13-14,17H,3,6-10,15H2,1H3. The van der Waals surface area contributed by atoms with E-state index in [9.17, 15) is 0 Å². The molecular formula is C19H24N4O. The minimum absolute atomic E-state index is 0.644. The summed E-state index contributed by atoms with van der Waals surface area (Å²) in [5.41, 5.74) is 1.98. The highest BCUT2D eigenvalue weighted by molar-refractivity contribution is 5.36.